The highest BCUT2D eigenvalue weighted by molar-refractivity contribution is 7.18. The van der Waals surface area contributed by atoms with Gasteiger partial charge in [-0.1, -0.05) is 18.2 Å². The zero-order valence-corrected chi connectivity index (χ0v) is 20.5. The second kappa shape index (κ2) is 9.50. The molecule has 0 spiro atoms. The van der Waals surface area contributed by atoms with Crippen molar-refractivity contribution in [2.75, 3.05) is 62.3 Å². The van der Waals surface area contributed by atoms with E-state index in [9.17, 15) is 5.11 Å². The molecule has 176 valence electrons. The number of para-hydroxylation sites is 2. The van der Waals surface area contributed by atoms with Crippen LogP contribution in [-0.4, -0.2) is 72.5 Å². The summed E-state index contributed by atoms with van der Waals surface area (Å²) >= 11 is 3.47. The van der Waals surface area contributed by atoms with Gasteiger partial charge in [-0.05, 0) is 23.6 Å². The molecular weight excluding hydrogens is 466 g/mol. The molecule has 4 aromatic rings. The number of aromatic nitrogens is 2. The highest BCUT2D eigenvalue weighted by Crippen LogP contribution is 2.40. The molecule has 0 aliphatic carbocycles. The molecule has 1 N–H and O–H groups in total. The maximum Gasteiger partial charge on any atom is 0.146 e. The van der Waals surface area contributed by atoms with Gasteiger partial charge in [0.2, 0.25) is 0 Å². The molecule has 0 unspecified atom stereocenters. The molecule has 5 heterocycles. The van der Waals surface area contributed by atoms with Crippen LogP contribution in [0.4, 0.5) is 11.5 Å². The molecule has 0 amide bonds. The van der Waals surface area contributed by atoms with Gasteiger partial charge in [-0.15, -0.1) is 22.7 Å². The van der Waals surface area contributed by atoms with Crippen LogP contribution in [0.25, 0.3) is 20.7 Å². The van der Waals surface area contributed by atoms with Gasteiger partial charge in [0.25, 0.3) is 0 Å². The summed E-state index contributed by atoms with van der Waals surface area (Å²) in [5.41, 5.74) is 2.13. The van der Waals surface area contributed by atoms with Crippen molar-refractivity contribution in [2.45, 2.75) is 6.54 Å². The minimum atomic E-state index is 0.339. The first-order valence-corrected chi connectivity index (χ1v) is 13.4. The number of hydrogen-bond donors (Lipinski definition) is 1. The van der Waals surface area contributed by atoms with Crippen LogP contribution in [0.1, 0.15) is 5.82 Å². The number of nitrogens with zero attached hydrogens (tertiary/aromatic N) is 5. The quantitative estimate of drug-likeness (QED) is 0.445. The lowest BCUT2D eigenvalue weighted by Crippen LogP contribution is -2.47. The minimum absolute atomic E-state index is 0.339. The van der Waals surface area contributed by atoms with Crippen LogP contribution < -0.4 is 9.80 Å². The molecule has 3 aromatic heterocycles. The van der Waals surface area contributed by atoms with Gasteiger partial charge in [-0.25, -0.2) is 9.97 Å². The topological polar surface area (TPSA) is 65.0 Å². The molecule has 2 aliphatic rings. The van der Waals surface area contributed by atoms with Crippen molar-refractivity contribution in [1.29, 1.82) is 0 Å². The predicted octanol–water partition coefficient (Wildman–Crippen LogP) is 4.28. The first-order valence-electron chi connectivity index (χ1n) is 11.7. The number of hydrogen-bond acceptors (Lipinski definition) is 9. The van der Waals surface area contributed by atoms with Gasteiger partial charge in [0.15, 0.2) is 0 Å². The van der Waals surface area contributed by atoms with E-state index in [1.54, 1.807) is 28.7 Å². The zero-order valence-electron chi connectivity index (χ0n) is 18.9. The predicted molar refractivity (Wildman–Crippen MR) is 139 cm³/mol. The smallest absolute Gasteiger partial charge is 0.146 e. The summed E-state index contributed by atoms with van der Waals surface area (Å²) in [4.78, 5) is 19.5. The SMILES string of the molecule is Oc1ccccc1N1CCN(c2nc(CN3CCOCC3)nc3scc(-c4cccs4)c23)CC1. The van der Waals surface area contributed by atoms with Crippen LogP contribution in [0.15, 0.2) is 47.2 Å². The fourth-order valence-corrected chi connectivity index (χ4v) is 6.50. The van der Waals surface area contributed by atoms with Crippen LogP contribution in [0.3, 0.4) is 0 Å². The summed E-state index contributed by atoms with van der Waals surface area (Å²) < 4.78 is 5.52. The zero-order chi connectivity index (χ0) is 22.9. The Labute approximate surface area is 206 Å². The number of morpholine rings is 1. The number of fused-ring (bicyclic) bond motifs is 1. The third kappa shape index (κ3) is 4.24. The number of ether oxygens (including phenoxy) is 1. The number of rotatable bonds is 5. The largest absolute Gasteiger partial charge is 0.506 e. The second-order valence-electron chi connectivity index (χ2n) is 8.62. The molecule has 2 aliphatic heterocycles. The molecule has 0 bridgehead atoms. The van der Waals surface area contributed by atoms with Crippen molar-refractivity contribution in [3.05, 3.63) is 53.0 Å². The lowest BCUT2D eigenvalue weighted by Gasteiger charge is -2.37. The number of piperazine rings is 1. The van der Waals surface area contributed by atoms with E-state index in [1.807, 2.05) is 18.2 Å². The van der Waals surface area contributed by atoms with Gasteiger partial charge < -0.3 is 19.6 Å². The van der Waals surface area contributed by atoms with Gasteiger partial charge in [-0.2, -0.15) is 0 Å². The summed E-state index contributed by atoms with van der Waals surface area (Å²) in [7, 11) is 0. The molecule has 0 atom stereocenters. The molecule has 34 heavy (non-hydrogen) atoms. The number of benzene rings is 1. The van der Waals surface area contributed by atoms with Crippen molar-refractivity contribution < 1.29 is 9.84 Å². The monoisotopic (exact) mass is 493 g/mol. The summed E-state index contributed by atoms with van der Waals surface area (Å²) in [5, 5.41) is 15.8. The third-order valence-electron chi connectivity index (χ3n) is 6.52. The van der Waals surface area contributed by atoms with Crippen LogP contribution in [0.2, 0.25) is 0 Å². The molecule has 0 saturated carbocycles. The minimum Gasteiger partial charge on any atom is -0.506 e. The molecular formula is C25H27N5O2S2. The van der Waals surface area contributed by atoms with E-state index in [0.29, 0.717) is 5.75 Å². The van der Waals surface area contributed by atoms with Gasteiger partial charge in [0.05, 0.1) is 30.8 Å². The normalized spacial score (nSPS) is 17.5. The highest BCUT2D eigenvalue weighted by Gasteiger charge is 2.25. The summed E-state index contributed by atoms with van der Waals surface area (Å²) in [6.07, 6.45) is 0. The van der Waals surface area contributed by atoms with Gasteiger partial charge in [0, 0.05) is 55.1 Å². The first-order chi connectivity index (χ1) is 16.8. The van der Waals surface area contributed by atoms with Crippen LogP contribution in [0, 0.1) is 0 Å². The van der Waals surface area contributed by atoms with Crippen molar-refractivity contribution in [1.82, 2.24) is 14.9 Å². The van der Waals surface area contributed by atoms with Gasteiger partial charge >= 0.3 is 0 Å². The Morgan fingerprint density at radius 2 is 1.68 bits per heavy atom. The Bertz CT molecular complexity index is 1260. The Hall–Kier alpha value is -2.72. The van der Waals surface area contributed by atoms with Gasteiger partial charge in [-0.3, -0.25) is 4.90 Å². The molecule has 0 radical (unpaired) electrons. The maximum atomic E-state index is 10.3. The Morgan fingerprint density at radius 1 is 0.882 bits per heavy atom. The van der Waals surface area contributed by atoms with Crippen LogP contribution in [-0.2, 0) is 11.3 Å². The molecule has 2 fully saturated rings. The average Bonchev–Trinajstić information content (AvgIpc) is 3.55. The number of phenolic OH excluding ortho intramolecular Hbond substituents is 1. The third-order valence-corrected chi connectivity index (χ3v) is 8.29. The fraction of sp³-hybridized carbons (Fsp3) is 0.360. The van der Waals surface area contributed by atoms with E-state index in [2.05, 4.69) is 37.6 Å². The first kappa shape index (κ1) is 21.8. The molecule has 1 aromatic carbocycles. The second-order valence-corrected chi connectivity index (χ2v) is 10.4. The van der Waals surface area contributed by atoms with E-state index < -0.39 is 0 Å². The fourth-order valence-electron chi connectivity index (χ4n) is 4.73. The number of thiophene rings is 2. The molecule has 9 heteroatoms. The summed E-state index contributed by atoms with van der Waals surface area (Å²) in [6, 6.07) is 11.9. The number of aromatic hydroxyl groups is 1. The lowest BCUT2D eigenvalue weighted by atomic mass is 10.1. The Morgan fingerprint density at radius 3 is 2.44 bits per heavy atom. The Balaban J connectivity index is 1.33. The van der Waals surface area contributed by atoms with E-state index >= 15 is 0 Å². The highest BCUT2D eigenvalue weighted by atomic mass is 32.1. The average molecular weight is 494 g/mol. The molecule has 6 rings (SSSR count). The van der Waals surface area contributed by atoms with E-state index in [4.69, 9.17) is 14.7 Å². The van der Waals surface area contributed by atoms with Crippen LogP contribution >= 0.6 is 22.7 Å². The molecule has 2 saturated heterocycles. The number of phenols is 1. The lowest BCUT2D eigenvalue weighted by molar-refractivity contribution is 0.0331. The van der Waals surface area contributed by atoms with Crippen molar-refractivity contribution in [3.63, 3.8) is 0 Å². The maximum absolute atomic E-state index is 10.3. The van der Waals surface area contributed by atoms with Crippen molar-refractivity contribution >= 4 is 44.4 Å². The van der Waals surface area contributed by atoms with Crippen LogP contribution in [0.5, 0.6) is 5.75 Å². The number of anilines is 2. The standard InChI is InChI=1S/C25H27N5O2S2/c31-20-5-2-1-4-19(20)29-7-9-30(10-8-29)24-23-18(21-6-3-15-33-21)17-34-25(23)27-22(26-24)16-28-11-13-32-14-12-28/h1-6,15,17,31H,7-14,16H2. The van der Waals surface area contributed by atoms with Gasteiger partial charge in [0.1, 0.15) is 22.2 Å². The van der Waals surface area contributed by atoms with E-state index in [0.717, 1.165) is 86.6 Å². The summed E-state index contributed by atoms with van der Waals surface area (Å²) in [5.74, 6) is 2.26. The summed E-state index contributed by atoms with van der Waals surface area (Å²) in [6.45, 7) is 7.48. The van der Waals surface area contributed by atoms with E-state index in [-0.39, 0.29) is 0 Å². The molecule has 7 nitrogen and oxygen atoms in total. The van der Waals surface area contributed by atoms with E-state index in [1.165, 1.54) is 10.4 Å². The van der Waals surface area contributed by atoms with Crippen molar-refractivity contribution in [3.8, 4) is 16.2 Å². The Kier molecular flexibility index (Phi) is 6.09. The van der Waals surface area contributed by atoms with Crippen molar-refractivity contribution in [2.24, 2.45) is 0 Å².